The maximum atomic E-state index is 12.1. The number of nitrogens with one attached hydrogen (secondary N) is 4. The average Bonchev–Trinajstić information content (AvgIpc) is 3.41. The van der Waals surface area contributed by atoms with Gasteiger partial charge in [0.1, 0.15) is 0 Å². The lowest BCUT2D eigenvalue weighted by atomic mass is 9.72. The van der Waals surface area contributed by atoms with Crippen molar-refractivity contribution in [1.82, 2.24) is 25.9 Å². The van der Waals surface area contributed by atoms with Gasteiger partial charge in [0.2, 0.25) is 0 Å². The molecule has 1 saturated carbocycles. The van der Waals surface area contributed by atoms with Gasteiger partial charge < -0.3 is 10.6 Å². The van der Waals surface area contributed by atoms with E-state index in [0.29, 0.717) is 40.1 Å². The van der Waals surface area contributed by atoms with E-state index in [1.807, 2.05) is 19.1 Å². The third-order valence-corrected chi connectivity index (χ3v) is 6.94. The van der Waals surface area contributed by atoms with E-state index in [1.54, 1.807) is 30.3 Å². The van der Waals surface area contributed by atoms with Gasteiger partial charge in [-0.05, 0) is 72.2 Å². The number of hydrogen-bond acceptors (Lipinski definition) is 5. The van der Waals surface area contributed by atoms with Crippen LogP contribution in [0.5, 0.6) is 0 Å². The van der Waals surface area contributed by atoms with E-state index < -0.39 is 0 Å². The average molecular weight is 574 g/mol. The van der Waals surface area contributed by atoms with Gasteiger partial charge in [0, 0.05) is 27.8 Å². The van der Waals surface area contributed by atoms with Crippen LogP contribution in [0, 0.1) is 11.3 Å². The number of tetrazole rings is 1. The van der Waals surface area contributed by atoms with Gasteiger partial charge in [0.05, 0.1) is 6.54 Å². The Hall–Kier alpha value is -3.17. The third-order valence-electron chi connectivity index (χ3n) is 6.51. The van der Waals surface area contributed by atoms with Crippen molar-refractivity contribution in [2.24, 2.45) is 16.3 Å². The van der Waals surface area contributed by atoms with Crippen LogP contribution in [0.3, 0.4) is 0 Å². The van der Waals surface area contributed by atoms with Crippen molar-refractivity contribution in [2.45, 2.75) is 66.3 Å². The molecule has 9 nitrogen and oxygen atoms in total. The second kappa shape index (κ2) is 14.8. The van der Waals surface area contributed by atoms with Crippen LogP contribution in [0.15, 0.2) is 47.5 Å². The number of halogens is 2. The lowest BCUT2D eigenvalue weighted by molar-refractivity contribution is 0.102. The number of anilines is 2. The Morgan fingerprint density at radius 3 is 2.23 bits per heavy atom. The molecular weight excluding hydrogens is 535 g/mol. The molecule has 3 aromatic rings. The summed E-state index contributed by atoms with van der Waals surface area (Å²) in [5.74, 6) is 1.38. The largest absolute Gasteiger partial charge is 0.356 e. The van der Waals surface area contributed by atoms with Gasteiger partial charge in [-0.15, -0.1) is 5.10 Å². The molecule has 0 radical (unpaired) electrons. The van der Waals surface area contributed by atoms with Gasteiger partial charge in [-0.1, -0.05) is 80.5 Å². The number of aromatic amines is 1. The Balaban J connectivity index is 0.000000353. The van der Waals surface area contributed by atoms with Gasteiger partial charge >= 0.3 is 0 Å². The number of benzene rings is 2. The Morgan fingerprint density at radius 1 is 1.03 bits per heavy atom. The minimum Gasteiger partial charge on any atom is -0.356 e. The summed E-state index contributed by atoms with van der Waals surface area (Å²) in [4.78, 5) is 16.7. The van der Waals surface area contributed by atoms with Crippen molar-refractivity contribution in [1.29, 1.82) is 0 Å². The molecular formula is C28H38Cl2N8O. The zero-order valence-corrected chi connectivity index (χ0v) is 24.5. The van der Waals surface area contributed by atoms with Crippen LogP contribution in [0.2, 0.25) is 10.0 Å². The van der Waals surface area contributed by atoms with E-state index in [1.165, 1.54) is 32.1 Å². The molecule has 1 aliphatic rings. The fourth-order valence-corrected chi connectivity index (χ4v) is 4.88. The molecule has 1 amide bonds. The zero-order valence-electron chi connectivity index (χ0n) is 23.0. The molecule has 4 rings (SSSR count). The van der Waals surface area contributed by atoms with E-state index in [0.717, 1.165) is 17.2 Å². The summed E-state index contributed by atoms with van der Waals surface area (Å²) < 4.78 is 0. The van der Waals surface area contributed by atoms with Crippen molar-refractivity contribution in [3.05, 3.63) is 63.6 Å². The summed E-state index contributed by atoms with van der Waals surface area (Å²) in [5, 5.41) is 23.0. The molecule has 39 heavy (non-hydrogen) atoms. The fraction of sp³-hybridized carbons (Fsp3) is 0.464. The van der Waals surface area contributed by atoms with Gasteiger partial charge in [-0.2, -0.15) is 5.21 Å². The van der Waals surface area contributed by atoms with Crippen LogP contribution in [0.25, 0.3) is 0 Å². The summed E-state index contributed by atoms with van der Waals surface area (Å²) in [6.45, 7) is 10.2. The van der Waals surface area contributed by atoms with Crippen LogP contribution in [-0.2, 0) is 6.54 Å². The molecule has 0 atom stereocenters. The van der Waals surface area contributed by atoms with E-state index in [4.69, 9.17) is 23.2 Å². The quantitative estimate of drug-likeness (QED) is 0.187. The number of H-pyrrole nitrogens is 1. The predicted octanol–water partition coefficient (Wildman–Crippen LogP) is 6.95. The predicted molar refractivity (Wildman–Crippen MR) is 160 cm³/mol. The molecule has 1 heterocycles. The standard InChI is InChI=1S/C18H18Cl2N8O.C10H20/c1-2-21-17(23-15-8-13(19)7-14(20)9-15)22-10-11-3-5-12(6-4-11)16(29)24-18-25-27-28-26-18;1-10(2,3)9-7-5-4-6-8-9/h3-9H,2,10H2,1H3,(H2,21,22,23)(H2,24,25,26,27,28,29);9H,4-8H2,1-3H3. The number of hydrogen-bond donors (Lipinski definition) is 4. The normalized spacial score (nSPS) is 14.3. The first-order chi connectivity index (χ1) is 18.6. The summed E-state index contributed by atoms with van der Waals surface area (Å²) >= 11 is 12.1. The highest BCUT2D eigenvalue weighted by Crippen LogP contribution is 2.37. The van der Waals surface area contributed by atoms with Gasteiger partial charge in [-0.25, -0.2) is 4.99 Å². The van der Waals surface area contributed by atoms with Crippen LogP contribution in [0.4, 0.5) is 11.6 Å². The Labute approximate surface area is 240 Å². The zero-order chi connectivity index (χ0) is 28.3. The lowest BCUT2D eigenvalue weighted by Gasteiger charge is -2.33. The summed E-state index contributed by atoms with van der Waals surface area (Å²) in [7, 11) is 0. The molecule has 0 unspecified atom stereocenters. The summed E-state index contributed by atoms with van der Waals surface area (Å²) in [6.07, 6.45) is 7.38. The number of carbonyl (C=O) groups is 1. The topological polar surface area (TPSA) is 120 Å². The van der Waals surface area contributed by atoms with Crippen molar-refractivity contribution in [3.8, 4) is 0 Å². The lowest BCUT2D eigenvalue weighted by Crippen LogP contribution is -2.30. The van der Waals surface area contributed by atoms with E-state index in [2.05, 4.69) is 62.3 Å². The summed E-state index contributed by atoms with van der Waals surface area (Å²) in [6, 6.07) is 12.3. The van der Waals surface area contributed by atoms with E-state index in [-0.39, 0.29) is 11.9 Å². The monoisotopic (exact) mass is 572 g/mol. The van der Waals surface area contributed by atoms with E-state index in [9.17, 15) is 4.79 Å². The smallest absolute Gasteiger partial charge is 0.270 e. The van der Waals surface area contributed by atoms with Crippen molar-refractivity contribution < 1.29 is 4.79 Å². The molecule has 0 spiro atoms. The minimum atomic E-state index is -0.325. The van der Waals surface area contributed by atoms with Crippen molar-refractivity contribution in [2.75, 3.05) is 17.2 Å². The molecule has 4 N–H and O–H groups in total. The van der Waals surface area contributed by atoms with Gasteiger partial charge in [-0.3, -0.25) is 10.1 Å². The summed E-state index contributed by atoms with van der Waals surface area (Å²) in [5.41, 5.74) is 2.71. The molecule has 0 saturated heterocycles. The highest BCUT2D eigenvalue weighted by atomic mass is 35.5. The van der Waals surface area contributed by atoms with Crippen LogP contribution in [0.1, 0.15) is 75.7 Å². The Morgan fingerprint density at radius 2 is 1.69 bits per heavy atom. The van der Waals surface area contributed by atoms with E-state index >= 15 is 0 Å². The van der Waals surface area contributed by atoms with Gasteiger partial charge in [0.15, 0.2) is 5.96 Å². The van der Waals surface area contributed by atoms with Crippen LogP contribution >= 0.6 is 23.2 Å². The Kier molecular flexibility index (Phi) is 11.6. The second-order valence-corrected chi connectivity index (χ2v) is 11.4. The number of rotatable bonds is 6. The minimum absolute atomic E-state index is 0.117. The highest BCUT2D eigenvalue weighted by molar-refractivity contribution is 6.35. The molecule has 11 heteroatoms. The first kappa shape index (κ1) is 30.4. The number of amides is 1. The van der Waals surface area contributed by atoms with Crippen LogP contribution in [-0.4, -0.2) is 39.0 Å². The first-order valence-electron chi connectivity index (χ1n) is 13.3. The van der Waals surface area contributed by atoms with Gasteiger partial charge in [0.25, 0.3) is 11.9 Å². The van der Waals surface area contributed by atoms with Crippen molar-refractivity contribution >= 4 is 46.7 Å². The molecule has 1 fully saturated rings. The maximum Gasteiger partial charge on any atom is 0.270 e. The highest BCUT2D eigenvalue weighted by Gasteiger charge is 2.25. The number of guanidine groups is 1. The fourth-order valence-electron chi connectivity index (χ4n) is 4.36. The Bertz CT molecular complexity index is 1180. The number of nitrogens with zero attached hydrogens (tertiary/aromatic N) is 4. The first-order valence-corrected chi connectivity index (χ1v) is 14.0. The molecule has 2 aromatic carbocycles. The second-order valence-electron chi connectivity index (χ2n) is 10.6. The maximum absolute atomic E-state index is 12.1. The van der Waals surface area contributed by atoms with Crippen molar-refractivity contribution in [3.63, 3.8) is 0 Å². The molecule has 1 aliphatic carbocycles. The third kappa shape index (κ3) is 10.5. The molecule has 210 valence electrons. The molecule has 0 aliphatic heterocycles. The number of carbonyl (C=O) groups excluding carboxylic acids is 1. The SMILES string of the molecule is CC(C)(C)C1CCCCC1.CCNC(=NCc1ccc(C(=O)Nc2nn[nH]n2)cc1)Nc1cc(Cl)cc(Cl)c1. The number of aliphatic imine (C=N–C) groups is 1. The molecule has 0 bridgehead atoms. The number of aromatic nitrogens is 4. The van der Waals surface area contributed by atoms with Crippen LogP contribution < -0.4 is 16.0 Å². The molecule has 1 aromatic heterocycles.